The molecule has 2 aromatic rings. The number of nitro groups is 1. The van der Waals surface area contributed by atoms with E-state index in [1.807, 2.05) is 0 Å². The Morgan fingerprint density at radius 2 is 1.80 bits per heavy atom. The number of nitrogen functional groups attached to an aromatic ring is 2. The molecular formula is C10H6Cl3N5O2. The van der Waals surface area contributed by atoms with Crippen LogP contribution in [0.1, 0.15) is 0 Å². The molecule has 0 saturated heterocycles. The molecule has 0 atom stereocenters. The van der Waals surface area contributed by atoms with E-state index >= 15 is 0 Å². The monoisotopic (exact) mass is 333 g/mol. The first kappa shape index (κ1) is 14.6. The van der Waals surface area contributed by atoms with E-state index in [1.54, 1.807) is 0 Å². The third-order valence-electron chi connectivity index (χ3n) is 2.36. The summed E-state index contributed by atoms with van der Waals surface area (Å²) in [4.78, 5) is 17.7. The molecule has 1 heterocycles. The number of anilines is 2. The Morgan fingerprint density at radius 3 is 2.40 bits per heavy atom. The summed E-state index contributed by atoms with van der Waals surface area (Å²) in [6.07, 6.45) is 0. The average molecular weight is 335 g/mol. The topological polar surface area (TPSA) is 121 Å². The van der Waals surface area contributed by atoms with Crippen molar-refractivity contribution in [3.63, 3.8) is 0 Å². The molecule has 0 aliphatic rings. The molecule has 1 aromatic heterocycles. The smallest absolute Gasteiger partial charge is 0.337 e. The van der Waals surface area contributed by atoms with Gasteiger partial charge in [-0.05, 0) is 12.1 Å². The fourth-order valence-electron chi connectivity index (χ4n) is 1.59. The van der Waals surface area contributed by atoms with Crippen molar-refractivity contribution in [2.75, 3.05) is 11.5 Å². The summed E-state index contributed by atoms with van der Waals surface area (Å²) >= 11 is 17.8. The number of nitrogens with zero attached hydrogens (tertiary/aromatic N) is 3. The largest absolute Gasteiger partial charge is 0.378 e. The molecule has 0 saturated carbocycles. The zero-order chi connectivity index (χ0) is 15.0. The van der Waals surface area contributed by atoms with Crippen molar-refractivity contribution >= 4 is 52.3 Å². The van der Waals surface area contributed by atoms with Crippen LogP contribution in [-0.4, -0.2) is 14.9 Å². The third kappa shape index (κ3) is 2.55. The standard InChI is InChI=1S/C10H6Cl3N5O2/c11-3-1-4(6(13)5(12)2-3)7-8(18(19)20)9(14)17-10(15)16-7/h1-2H,(H4,14,15,16,17). The van der Waals surface area contributed by atoms with Crippen LogP contribution in [0.25, 0.3) is 11.3 Å². The fourth-order valence-corrected chi connectivity index (χ4v) is 2.28. The molecule has 7 nitrogen and oxygen atoms in total. The van der Waals surface area contributed by atoms with Crippen LogP contribution >= 0.6 is 34.8 Å². The minimum atomic E-state index is -0.727. The van der Waals surface area contributed by atoms with Crippen molar-refractivity contribution in [3.05, 3.63) is 37.3 Å². The quantitative estimate of drug-likeness (QED) is 0.494. The highest BCUT2D eigenvalue weighted by Crippen LogP contribution is 2.40. The van der Waals surface area contributed by atoms with Gasteiger partial charge in [-0.2, -0.15) is 4.98 Å². The lowest BCUT2D eigenvalue weighted by molar-refractivity contribution is -0.383. The number of rotatable bonds is 2. The number of halogens is 3. The summed E-state index contributed by atoms with van der Waals surface area (Å²) in [6.45, 7) is 0. The Bertz CT molecular complexity index is 723. The van der Waals surface area contributed by atoms with Gasteiger partial charge < -0.3 is 11.5 Å². The first-order chi connectivity index (χ1) is 9.31. The molecule has 0 aliphatic heterocycles. The van der Waals surface area contributed by atoms with Crippen LogP contribution in [-0.2, 0) is 0 Å². The van der Waals surface area contributed by atoms with Gasteiger partial charge in [0.2, 0.25) is 11.8 Å². The van der Waals surface area contributed by atoms with Crippen LogP contribution in [0.5, 0.6) is 0 Å². The minimum absolute atomic E-state index is 0.0525. The van der Waals surface area contributed by atoms with Crippen LogP contribution in [0, 0.1) is 10.1 Å². The second-order valence-electron chi connectivity index (χ2n) is 3.67. The Morgan fingerprint density at radius 1 is 1.15 bits per heavy atom. The van der Waals surface area contributed by atoms with E-state index in [1.165, 1.54) is 12.1 Å². The Kier molecular flexibility index (Phi) is 3.85. The van der Waals surface area contributed by atoms with Gasteiger partial charge in [0.1, 0.15) is 0 Å². The van der Waals surface area contributed by atoms with Crippen molar-refractivity contribution in [3.8, 4) is 11.3 Å². The maximum absolute atomic E-state index is 11.1. The molecule has 2 rings (SSSR count). The highest BCUT2D eigenvalue weighted by atomic mass is 35.5. The van der Waals surface area contributed by atoms with Gasteiger partial charge in [0.15, 0.2) is 5.69 Å². The Hall–Kier alpha value is -1.83. The summed E-state index contributed by atoms with van der Waals surface area (Å²) in [5.74, 6) is -0.597. The first-order valence-corrected chi connectivity index (χ1v) is 6.17. The van der Waals surface area contributed by atoms with E-state index in [9.17, 15) is 10.1 Å². The second-order valence-corrected chi connectivity index (χ2v) is 4.89. The van der Waals surface area contributed by atoms with Gasteiger partial charge in [-0.3, -0.25) is 10.1 Å². The van der Waals surface area contributed by atoms with Crippen LogP contribution in [0.4, 0.5) is 17.5 Å². The number of aromatic nitrogens is 2. The van der Waals surface area contributed by atoms with Crippen molar-refractivity contribution in [1.29, 1.82) is 0 Å². The van der Waals surface area contributed by atoms with E-state index < -0.39 is 10.6 Å². The van der Waals surface area contributed by atoms with E-state index in [0.717, 1.165) is 0 Å². The molecule has 0 amide bonds. The highest BCUT2D eigenvalue weighted by molar-refractivity contribution is 6.45. The zero-order valence-electron chi connectivity index (χ0n) is 9.60. The molecule has 4 N–H and O–H groups in total. The summed E-state index contributed by atoms with van der Waals surface area (Å²) in [6, 6.07) is 2.78. The van der Waals surface area contributed by atoms with Crippen LogP contribution in [0.3, 0.4) is 0 Å². The lowest BCUT2D eigenvalue weighted by atomic mass is 10.1. The molecule has 0 radical (unpaired) electrons. The van der Waals surface area contributed by atoms with Crippen molar-refractivity contribution in [2.24, 2.45) is 0 Å². The van der Waals surface area contributed by atoms with E-state index in [2.05, 4.69) is 9.97 Å². The molecule has 20 heavy (non-hydrogen) atoms. The van der Waals surface area contributed by atoms with Gasteiger partial charge in [-0.25, -0.2) is 4.98 Å². The first-order valence-electron chi connectivity index (χ1n) is 5.03. The van der Waals surface area contributed by atoms with Gasteiger partial charge in [0, 0.05) is 10.6 Å². The van der Waals surface area contributed by atoms with Crippen molar-refractivity contribution in [1.82, 2.24) is 9.97 Å². The zero-order valence-corrected chi connectivity index (χ0v) is 11.9. The molecule has 0 aliphatic carbocycles. The van der Waals surface area contributed by atoms with Crippen LogP contribution in [0.15, 0.2) is 12.1 Å². The van der Waals surface area contributed by atoms with Gasteiger partial charge in [-0.15, -0.1) is 0 Å². The van der Waals surface area contributed by atoms with Gasteiger partial charge in [-0.1, -0.05) is 34.8 Å². The second kappa shape index (κ2) is 5.28. The maximum Gasteiger partial charge on any atom is 0.337 e. The van der Waals surface area contributed by atoms with Crippen LogP contribution in [0.2, 0.25) is 15.1 Å². The lowest BCUT2D eigenvalue weighted by Crippen LogP contribution is -2.06. The normalized spacial score (nSPS) is 10.6. The Balaban J connectivity index is 2.85. The predicted molar refractivity (Wildman–Crippen MR) is 78.0 cm³/mol. The van der Waals surface area contributed by atoms with E-state index in [4.69, 9.17) is 46.3 Å². The van der Waals surface area contributed by atoms with Crippen LogP contribution < -0.4 is 11.5 Å². The van der Waals surface area contributed by atoms with E-state index in [0.29, 0.717) is 0 Å². The van der Waals surface area contributed by atoms with E-state index in [-0.39, 0.29) is 38.1 Å². The summed E-state index contributed by atoms with van der Waals surface area (Å²) in [5.41, 5.74) is 10.5. The average Bonchev–Trinajstić information content (AvgIpc) is 2.32. The molecule has 10 heteroatoms. The molecule has 0 spiro atoms. The minimum Gasteiger partial charge on any atom is -0.378 e. The summed E-state index contributed by atoms with van der Waals surface area (Å²) in [5, 5.41) is 11.5. The van der Waals surface area contributed by atoms with Crippen molar-refractivity contribution < 1.29 is 4.92 Å². The summed E-state index contributed by atoms with van der Waals surface area (Å²) < 4.78 is 0. The highest BCUT2D eigenvalue weighted by Gasteiger charge is 2.26. The lowest BCUT2D eigenvalue weighted by Gasteiger charge is -2.08. The number of hydrogen-bond acceptors (Lipinski definition) is 6. The molecule has 0 bridgehead atoms. The van der Waals surface area contributed by atoms with Gasteiger partial charge in [0.25, 0.3) is 0 Å². The number of hydrogen-bond donors (Lipinski definition) is 2. The fraction of sp³-hybridized carbons (Fsp3) is 0. The molecule has 104 valence electrons. The number of nitrogens with two attached hydrogens (primary N) is 2. The van der Waals surface area contributed by atoms with Gasteiger partial charge >= 0.3 is 5.69 Å². The molecule has 0 fully saturated rings. The SMILES string of the molecule is Nc1nc(N)c([N+](=O)[O-])c(-c2cc(Cl)cc(Cl)c2Cl)n1. The molecular weight excluding hydrogens is 329 g/mol. The maximum atomic E-state index is 11.1. The van der Waals surface area contributed by atoms with Gasteiger partial charge in [0.05, 0.1) is 15.0 Å². The predicted octanol–water partition coefficient (Wildman–Crippen LogP) is 3.18. The number of benzene rings is 1. The van der Waals surface area contributed by atoms with Crippen molar-refractivity contribution in [2.45, 2.75) is 0 Å². The third-order valence-corrected chi connectivity index (χ3v) is 3.38. The Labute approximate surface area is 127 Å². The molecule has 1 aromatic carbocycles. The molecule has 0 unspecified atom stereocenters. The summed E-state index contributed by atoms with van der Waals surface area (Å²) in [7, 11) is 0.